The van der Waals surface area contributed by atoms with Crippen molar-refractivity contribution in [3.63, 3.8) is 0 Å². The first kappa shape index (κ1) is 21.8. The molecule has 4 rings (SSSR count). The Morgan fingerprint density at radius 3 is 2.41 bits per heavy atom. The molecule has 6 nitrogen and oxygen atoms in total. The minimum Gasteiger partial charge on any atom is -0.324 e. The van der Waals surface area contributed by atoms with Gasteiger partial charge in [-0.25, -0.2) is 8.42 Å². The van der Waals surface area contributed by atoms with Crippen LogP contribution in [-0.4, -0.2) is 26.8 Å². The number of aryl methyl sites for hydroxylation is 2. The maximum absolute atomic E-state index is 13.5. The van der Waals surface area contributed by atoms with Gasteiger partial charge in [-0.1, -0.05) is 60.2 Å². The largest absolute Gasteiger partial charge is 0.324 e. The van der Waals surface area contributed by atoms with Crippen molar-refractivity contribution >= 4 is 33.0 Å². The molecule has 0 aliphatic carbocycles. The van der Waals surface area contributed by atoms with Crippen LogP contribution < -0.4 is 10.2 Å². The van der Waals surface area contributed by atoms with E-state index in [1.807, 2.05) is 32.0 Å². The molecule has 0 saturated carbocycles. The topological polar surface area (TPSA) is 83.6 Å². The van der Waals surface area contributed by atoms with Gasteiger partial charge in [-0.2, -0.15) is 0 Å². The molecule has 0 aromatic heterocycles. The first-order chi connectivity index (χ1) is 15.3. The fourth-order valence-corrected chi connectivity index (χ4v) is 5.93. The van der Waals surface area contributed by atoms with Crippen molar-refractivity contribution in [1.29, 1.82) is 0 Å². The Hall–Kier alpha value is -3.45. The summed E-state index contributed by atoms with van der Waals surface area (Å²) in [6, 6.07) is 20.7. The molecule has 32 heavy (non-hydrogen) atoms. The Kier molecular flexibility index (Phi) is 5.84. The zero-order chi connectivity index (χ0) is 22.9. The Balaban J connectivity index is 1.69. The average Bonchev–Trinajstić information content (AvgIpc) is 2.85. The molecular formula is C25H24N2O4S. The normalized spacial score (nSPS) is 17.4. The Morgan fingerprint density at radius 1 is 1.00 bits per heavy atom. The number of sulfone groups is 1. The first-order valence-corrected chi connectivity index (χ1v) is 11.9. The van der Waals surface area contributed by atoms with Crippen LogP contribution >= 0.6 is 0 Å². The van der Waals surface area contributed by atoms with Crippen molar-refractivity contribution in [2.75, 3.05) is 16.8 Å². The minimum atomic E-state index is -3.84. The third-order valence-electron chi connectivity index (χ3n) is 5.63. The van der Waals surface area contributed by atoms with Crippen LogP contribution in [0.5, 0.6) is 0 Å². The van der Waals surface area contributed by atoms with Crippen molar-refractivity contribution in [3.8, 4) is 0 Å². The monoisotopic (exact) mass is 448 g/mol. The van der Waals surface area contributed by atoms with Gasteiger partial charge in [0.05, 0.1) is 15.8 Å². The average molecular weight is 449 g/mol. The van der Waals surface area contributed by atoms with Crippen LogP contribution in [0.4, 0.5) is 11.4 Å². The number of benzene rings is 3. The molecule has 1 heterocycles. The van der Waals surface area contributed by atoms with E-state index in [4.69, 9.17) is 0 Å². The lowest BCUT2D eigenvalue weighted by Crippen LogP contribution is -2.38. The molecule has 0 unspecified atom stereocenters. The number of hydrogen-bond donors (Lipinski definition) is 1. The molecule has 1 N–H and O–H groups in total. The maximum Gasteiger partial charge on any atom is 0.244 e. The lowest BCUT2D eigenvalue weighted by molar-refractivity contribution is -0.121. The van der Waals surface area contributed by atoms with Crippen molar-refractivity contribution in [1.82, 2.24) is 0 Å². The Morgan fingerprint density at radius 2 is 1.69 bits per heavy atom. The summed E-state index contributed by atoms with van der Waals surface area (Å²) in [7, 11) is -3.84. The fraction of sp³-hybridized carbons (Fsp3) is 0.200. The van der Waals surface area contributed by atoms with E-state index in [0.29, 0.717) is 11.3 Å². The van der Waals surface area contributed by atoms with Crippen LogP contribution in [0.25, 0.3) is 0 Å². The number of fused-ring (bicyclic) bond motifs is 1. The molecule has 0 spiro atoms. The predicted molar refractivity (Wildman–Crippen MR) is 124 cm³/mol. The van der Waals surface area contributed by atoms with Gasteiger partial charge < -0.3 is 10.2 Å². The van der Waals surface area contributed by atoms with Gasteiger partial charge in [0.2, 0.25) is 11.8 Å². The van der Waals surface area contributed by atoms with Gasteiger partial charge in [-0.05, 0) is 43.2 Å². The standard InChI is InChI=1S/C25H24N2O4S/c1-17-12-13-20(18(2)14-17)26-24(28)16-27-21-10-6-7-11-22(21)32(30,31)23(15-25(27)29)19-8-4-3-5-9-19/h3-14,23H,15-16H2,1-2H3,(H,26,28)/t23-/m0/s1. The third-order valence-corrected chi connectivity index (χ3v) is 7.77. The van der Waals surface area contributed by atoms with Crippen LogP contribution in [0.2, 0.25) is 0 Å². The number of nitrogens with one attached hydrogen (secondary N) is 1. The highest BCUT2D eigenvalue weighted by atomic mass is 32.2. The summed E-state index contributed by atoms with van der Waals surface area (Å²) in [4.78, 5) is 27.4. The van der Waals surface area contributed by atoms with Gasteiger partial charge in [0.25, 0.3) is 0 Å². The number of anilines is 2. The Bertz CT molecular complexity index is 1290. The van der Waals surface area contributed by atoms with Crippen molar-refractivity contribution < 1.29 is 18.0 Å². The van der Waals surface area contributed by atoms with Gasteiger partial charge in [-0.3, -0.25) is 9.59 Å². The molecule has 0 fully saturated rings. The lowest BCUT2D eigenvalue weighted by atomic mass is 10.1. The van der Waals surface area contributed by atoms with E-state index in [1.54, 1.807) is 48.5 Å². The Labute approximate surface area is 187 Å². The number of rotatable bonds is 4. The number of nitrogens with zero attached hydrogens (tertiary/aromatic N) is 1. The molecule has 2 amide bonds. The number of carbonyl (C=O) groups is 2. The van der Waals surface area contributed by atoms with Crippen molar-refractivity contribution in [3.05, 3.63) is 89.5 Å². The molecule has 1 aliphatic heterocycles. The molecular weight excluding hydrogens is 424 g/mol. The SMILES string of the molecule is Cc1ccc(NC(=O)CN2C(=O)C[C@@H](c3ccccc3)S(=O)(=O)c3ccccc32)c(C)c1. The summed E-state index contributed by atoms with van der Waals surface area (Å²) < 4.78 is 27.0. The molecule has 3 aromatic rings. The van der Waals surface area contributed by atoms with Crippen LogP contribution in [0.3, 0.4) is 0 Å². The second-order valence-corrected chi connectivity index (χ2v) is 10.1. The van der Waals surface area contributed by atoms with E-state index in [9.17, 15) is 18.0 Å². The van der Waals surface area contributed by atoms with E-state index in [-0.39, 0.29) is 23.5 Å². The quantitative estimate of drug-likeness (QED) is 0.649. The van der Waals surface area contributed by atoms with E-state index in [1.165, 1.54) is 11.0 Å². The molecule has 1 atom stereocenters. The van der Waals surface area contributed by atoms with Crippen molar-refractivity contribution in [2.24, 2.45) is 0 Å². The molecule has 7 heteroatoms. The summed E-state index contributed by atoms with van der Waals surface area (Å²) in [5, 5.41) is 1.83. The van der Waals surface area contributed by atoms with Gasteiger partial charge in [0.1, 0.15) is 6.54 Å². The highest BCUT2D eigenvalue weighted by Crippen LogP contribution is 2.40. The van der Waals surface area contributed by atoms with Crippen LogP contribution in [0.1, 0.15) is 28.4 Å². The van der Waals surface area contributed by atoms with E-state index >= 15 is 0 Å². The summed E-state index contributed by atoms with van der Waals surface area (Å²) >= 11 is 0. The number of hydrogen-bond acceptors (Lipinski definition) is 4. The first-order valence-electron chi connectivity index (χ1n) is 10.3. The van der Waals surface area contributed by atoms with Crippen molar-refractivity contribution in [2.45, 2.75) is 30.4 Å². The van der Waals surface area contributed by atoms with Crippen LogP contribution in [-0.2, 0) is 19.4 Å². The summed E-state index contributed by atoms with van der Waals surface area (Å²) in [5.74, 6) is -0.807. The minimum absolute atomic E-state index is 0.0546. The highest BCUT2D eigenvalue weighted by molar-refractivity contribution is 7.92. The second kappa shape index (κ2) is 8.59. The second-order valence-electron chi connectivity index (χ2n) is 7.96. The lowest BCUT2D eigenvalue weighted by Gasteiger charge is -2.22. The van der Waals surface area contributed by atoms with E-state index in [0.717, 1.165) is 11.1 Å². The smallest absolute Gasteiger partial charge is 0.244 e. The summed E-state index contributed by atoms with van der Waals surface area (Å²) in [6.07, 6.45) is -0.238. The zero-order valence-corrected chi connectivity index (χ0v) is 18.7. The molecule has 1 aliphatic rings. The van der Waals surface area contributed by atoms with Crippen LogP contribution in [0.15, 0.2) is 77.7 Å². The molecule has 3 aromatic carbocycles. The maximum atomic E-state index is 13.5. The van der Waals surface area contributed by atoms with Gasteiger partial charge in [-0.15, -0.1) is 0 Å². The van der Waals surface area contributed by atoms with Gasteiger partial charge in [0, 0.05) is 12.1 Å². The third kappa shape index (κ3) is 4.16. The number of para-hydroxylation sites is 1. The molecule has 0 radical (unpaired) electrons. The van der Waals surface area contributed by atoms with E-state index < -0.39 is 26.9 Å². The molecule has 164 valence electrons. The molecule has 0 saturated heterocycles. The zero-order valence-electron chi connectivity index (χ0n) is 17.9. The fourth-order valence-electron chi connectivity index (χ4n) is 4.01. The predicted octanol–water partition coefficient (Wildman–Crippen LogP) is 4.19. The van der Waals surface area contributed by atoms with Gasteiger partial charge in [0.15, 0.2) is 9.84 Å². The summed E-state index contributed by atoms with van der Waals surface area (Å²) in [5.41, 5.74) is 3.43. The summed E-state index contributed by atoms with van der Waals surface area (Å²) in [6.45, 7) is 3.58. The van der Waals surface area contributed by atoms with Crippen LogP contribution in [0, 0.1) is 13.8 Å². The number of amides is 2. The molecule has 0 bridgehead atoms. The van der Waals surface area contributed by atoms with E-state index in [2.05, 4.69) is 5.32 Å². The highest BCUT2D eigenvalue weighted by Gasteiger charge is 2.39. The number of carbonyl (C=O) groups excluding carboxylic acids is 2. The van der Waals surface area contributed by atoms with Gasteiger partial charge >= 0.3 is 0 Å².